The predicted molar refractivity (Wildman–Crippen MR) is 56.7 cm³/mol. The molecule has 1 aliphatic heterocycles. The van der Waals surface area contributed by atoms with Gasteiger partial charge in [-0.2, -0.15) is 0 Å². The van der Waals surface area contributed by atoms with Crippen molar-refractivity contribution >= 4 is 15.9 Å². The number of hydrogen-bond acceptors (Lipinski definition) is 2. The Morgan fingerprint density at radius 1 is 1.62 bits per heavy atom. The lowest BCUT2D eigenvalue weighted by atomic mass is 10.1. The molecule has 1 saturated heterocycles. The topological polar surface area (TPSA) is 24.9 Å². The molecule has 0 bridgehead atoms. The molecule has 70 valence electrons. The Morgan fingerprint density at radius 2 is 2.46 bits per heavy atom. The van der Waals surface area contributed by atoms with Crippen LogP contribution >= 0.6 is 15.9 Å². The van der Waals surface area contributed by atoms with E-state index in [4.69, 9.17) is 0 Å². The molecule has 2 nitrogen and oxygen atoms in total. The highest BCUT2D eigenvalue weighted by Gasteiger charge is 2.18. The summed E-state index contributed by atoms with van der Waals surface area (Å²) in [4.78, 5) is 4.30. The van der Waals surface area contributed by atoms with Crippen LogP contribution in [0.4, 0.5) is 0 Å². The summed E-state index contributed by atoms with van der Waals surface area (Å²) >= 11 is 3.49. The third-order valence-electron chi connectivity index (χ3n) is 2.44. The van der Waals surface area contributed by atoms with Gasteiger partial charge in [0, 0.05) is 17.8 Å². The average Bonchev–Trinajstić information content (AvgIpc) is 2.61. The molecule has 1 N–H and O–H groups in total. The van der Waals surface area contributed by atoms with Crippen LogP contribution in [0.5, 0.6) is 0 Å². The first kappa shape index (κ1) is 9.16. The average molecular weight is 241 g/mol. The Bertz CT molecular complexity index is 306. The summed E-state index contributed by atoms with van der Waals surface area (Å²) in [5.74, 6) is 0. The lowest BCUT2D eigenvalue weighted by Gasteiger charge is -2.12. The zero-order chi connectivity index (χ0) is 9.26. The third kappa shape index (κ3) is 1.92. The van der Waals surface area contributed by atoms with Crippen molar-refractivity contribution in [2.75, 3.05) is 6.54 Å². The molecular formula is C10H13BrN2. The largest absolute Gasteiger partial charge is 0.310 e. The molecule has 1 aliphatic rings. The van der Waals surface area contributed by atoms with Gasteiger partial charge in [0.25, 0.3) is 0 Å². The Hall–Kier alpha value is -0.410. The summed E-state index contributed by atoms with van der Waals surface area (Å²) in [7, 11) is 0. The van der Waals surface area contributed by atoms with Gasteiger partial charge in [-0.25, -0.2) is 4.98 Å². The molecule has 1 aromatic rings. The standard InChI is InChI=1S/C10H13BrN2/c1-7-5-8(10(11)13-6-7)9-3-2-4-12-9/h5-6,9,12H,2-4H2,1H3/t9-/m0/s1. The highest BCUT2D eigenvalue weighted by Crippen LogP contribution is 2.28. The SMILES string of the molecule is Cc1cnc(Br)c([C@@H]2CCCN2)c1. The molecule has 13 heavy (non-hydrogen) atoms. The number of halogens is 1. The van der Waals surface area contributed by atoms with Crippen LogP contribution in [0, 0.1) is 6.92 Å². The Labute approximate surface area is 86.9 Å². The van der Waals surface area contributed by atoms with E-state index in [0.29, 0.717) is 6.04 Å². The first-order chi connectivity index (χ1) is 6.27. The van der Waals surface area contributed by atoms with E-state index in [0.717, 1.165) is 11.1 Å². The van der Waals surface area contributed by atoms with Crippen LogP contribution in [0.15, 0.2) is 16.9 Å². The second kappa shape index (κ2) is 3.76. The summed E-state index contributed by atoms with van der Waals surface area (Å²) in [5, 5.41) is 3.47. The smallest absolute Gasteiger partial charge is 0.110 e. The van der Waals surface area contributed by atoms with Crippen LogP contribution < -0.4 is 5.32 Å². The third-order valence-corrected chi connectivity index (χ3v) is 3.10. The quantitative estimate of drug-likeness (QED) is 0.764. The summed E-state index contributed by atoms with van der Waals surface area (Å²) in [5.41, 5.74) is 2.53. The van der Waals surface area contributed by atoms with Gasteiger partial charge in [-0.15, -0.1) is 0 Å². The molecule has 3 heteroatoms. The maximum Gasteiger partial charge on any atom is 0.110 e. The summed E-state index contributed by atoms with van der Waals surface area (Å²) in [6, 6.07) is 2.71. The molecule has 0 radical (unpaired) electrons. The van der Waals surface area contributed by atoms with Gasteiger partial charge in [0.1, 0.15) is 4.60 Å². The van der Waals surface area contributed by atoms with Gasteiger partial charge >= 0.3 is 0 Å². The van der Waals surface area contributed by atoms with E-state index >= 15 is 0 Å². The van der Waals surface area contributed by atoms with Crippen molar-refractivity contribution in [2.45, 2.75) is 25.8 Å². The maximum atomic E-state index is 4.30. The zero-order valence-corrected chi connectivity index (χ0v) is 9.26. The lowest BCUT2D eigenvalue weighted by molar-refractivity contribution is 0.640. The van der Waals surface area contributed by atoms with Gasteiger partial charge in [0.2, 0.25) is 0 Å². The van der Waals surface area contributed by atoms with Crippen molar-refractivity contribution in [3.63, 3.8) is 0 Å². The van der Waals surface area contributed by atoms with Crippen LogP contribution in [0.3, 0.4) is 0 Å². The van der Waals surface area contributed by atoms with Gasteiger partial charge in [0.15, 0.2) is 0 Å². The van der Waals surface area contributed by atoms with Crippen molar-refractivity contribution in [1.82, 2.24) is 10.3 Å². The molecule has 1 atom stereocenters. The fourth-order valence-corrected chi connectivity index (χ4v) is 2.26. The van der Waals surface area contributed by atoms with E-state index in [1.807, 2.05) is 6.20 Å². The Balaban J connectivity index is 2.32. The van der Waals surface area contributed by atoms with Crippen molar-refractivity contribution in [2.24, 2.45) is 0 Å². The monoisotopic (exact) mass is 240 g/mol. The number of hydrogen-bond donors (Lipinski definition) is 1. The van der Waals surface area contributed by atoms with Gasteiger partial charge in [-0.1, -0.05) is 6.07 Å². The van der Waals surface area contributed by atoms with Gasteiger partial charge in [-0.05, 0) is 47.8 Å². The summed E-state index contributed by atoms with van der Waals surface area (Å²) in [6.45, 7) is 3.21. The van der Waals surface area contributed by atoms with Crippen molar-refractivity contribution in [1.29, 1.82) is 0 Å². The van der Waals surface area contributed by atoms with Gasteiger partial charge in [-0.3, -0.25) is 0 Å². The van der Waals surface area contributed by atoms with Crippen LogP contribution in [-0.2, 0) is 0 Å². The Kier molecular flexibility index (Phi) is 2.65. The number of aryl methyl sites for hydroxylation is 1. The second-order valence-electron chi connectivity index (χ2n) is 3.54. The minimum absolute atomic E-state index is 0.502. The molecule has 0 aliphatic carbocycles. The summed E-state index contributed by atoms with van der Waals surface area (Å²) in [6.07, 6.45) is 4.39. The molecule has 2 heterocycles. The van der Waals surface area contributed by atoms with Gasteiger partial charge in [0.05, 0.1) is 0 Å². The highest BCUT2D eigenvalue weighted by atomic mass is 79.9. The molecule has 2 rings (SSSR count). The number of rotatable bonds is 1. The lowest BCUT2D eigenvalue weighted by Crippen LogP contribution is -2.13. The summed E-state index contributed by atoms with van der Waals surface area (Å²) < 4.78 is 0.984. The molecule has 1 aromatic heterocycles. The number of nitrogens with one attached hydrogen (secondary N) is 1. The molecule has 0 unspecified atom stereocenters. The van der Waals surface area contributed by atoms with E-state index in [2.05, 4.69) is 39.2 Å². The van der Waals surface area contributed by atoms with Crippen LogP contribution in [-0.4, -0.2) is 11.5 Å². The van der Waals surface area contributed by atoms with Crippen LogP contribution in [0.1, 0.15) is 30.0 Å². The maximum absolute atomic E-state index is 4.30. The van der Waals surface area contributed by atoms with E-state index in [-0.39, 0.29) is 0 Å². The van der Waals surface area contributed by atoms with Gasteiger partial charge < -0.3 is 5.32 Å². The predicted octanol–water partition coefficient (Wildman–Crippen LogP) is 2.58. The highest BCUT2D eigenvalue weighted by molar-refractivity contribution is 9.10. The first-order valence-electron chi connectivity index (χ1n) is 4.63. The molecule has 0 amide bonds. The molecular weight excluding hydrogens is 228 g/mol. The van der Waals surface area contributed by atoms with Crippen molar-refractivity contribution in [3.05, 3.63) is 28.0 Å². The van der Waals surface area contributed by atoms with Crippen LogP contribution in [0.25, 0.3) is 0 Å². The minimum atomic E-state index is 0.502. The fraction of sp³-hybridized carbons (Fsp3) is 0.500. The number of aromatic nitrogens is 1. The molecule has 0 aromatic carbocycles. The van der Waals surface area contributed by atoms with E-state index in [1.54, 1.807) is 0 Å². The number of nitrogens with zero attached hydrogens (tertiary/aromatic N) is 1. The molecule has 0 saturated carbocycles. The van der Waals surface area contributed by atoms with E-state index < -0.39 is 0 Å². The van der Waals surface area contributed by atoms with Crippen molar-refractivity contribution < 1.29 is 0 Å². The minimum Gasteiger partial charge on any atom is -0.310 e. The zero-order valence-electron chi connectivity index (χ0n) is 7.68. The normalized spacial score (nSPS) is 22.2. The Morgan fingerprint density at radius 3 is 3.15 bits per heavy atom. The number of pyridine rings is 1. The molecule has 1 fully saturated rings. The fourth-order valence-electron chi connectivity index (χ4n) is 1.77. The molecule has 0 spiro atoms. The van der Waals surface area contributed by atoms with Crippen LogP contribution in [0.2, 0.25) is 0 Å². The van der Waals surface area contributed by atoms with E-state index in [9.17, 15) is 0 Å². The van der Waals surface area contributed by atoms with E-state index in [1.165, 1.54) is 24.0 Å². The first-order valence-corrected chi connectivity index (χ1v) is 5.42. The van der Waals surface area contributed by atoms with Crippen molar-refractivity contribution in [3.8, 4) is 0 Å². The second-order valence-corrected chi connectivity index (χ2v) is 4.29.